The molecule has 0 unspecified atom stereocenters. The lowest BCUT2D eigenvalue weighted by molar-refractivity contribution is 0.100. The fraction of sp³-hybridized carbons (Fsp3) is 0.316. The molecular formula is C19H22N8O. The van der Waals surface area contributed by atoms with Crippen molar-refractivity contribution in [2.45, 2.75) is 19.4 Å². The Hall–Kier alpha value is -3.33. The summed E-state index contributed by atoms with van der Waals surface area (Å²) >= 11 is 0. The van der Waals surface area contributed by atoms with Crippen LogP contribution in [0.2, 0.25) is 0 Å². The summed E-state index contributed by atoms with van der Waals surface area (Å²) in [5.74, 6) is 1.94. The predicted molar refractivity (Wildman–Crippen MR) is 105 cm³/mol. The molecule has 0 fully saturated rings. The SMILES string of the molecule is Cn1ncnc1CCNc1nc(-c2ccc(C(N)=O)cc2)nc2c1CCNC2. The maximum atomic E-state index is 11.3. The first-order valence-corrected chi connectivity index (χ1v) is 9.19. The van der Waals surface area contributed by atoms with Gasteiger partial charge in [0.05, 0.1) is 5.69 Å². The van der Waals surface area contributed by atoms with Crippen molar-refractivity contribution >= 4 is 11.7 Å². The van der Waals surface area contributed by atoms with Crippen molar-refractivity contribution in [3.63, 3.8) is 0 Å². The number of carbonyl (C=O) groups is 1. The van der Waals surface area contributed by atoms with Crippen LogP contribution in [-0.2, 0) is 26.4 Å². The molecule has 1 aliphatic rings. The number of aromatic nitrogens is 5. The maximum absolute atomic E-state index is 11.3. The standard InChI is InChI=1S/C19H22N8O/c1-27-16(23-11-24-27)7-9-22-19-14-6-8-21-10-15(14)25-18(26-19)13-4-2-12(3-5-13)17(20)28/h2-5,11,21H,6-10H2,1H3,(H2,20,28)(H,22,25,26). The Morgan fingerprint density at radius 2 is 2.11 bits per heavy atom. The summed E-state index contributed by atoms with van der Waals surface area (Å²) in [7, 11) is 1.88. The van der Waals surface area contributed by atoms with Gasteiger partial charge in [0, 0.05) is 43.2 Å². The average molecular weight is 378 g/mol. The first-order valence-electron chi connectivity index (χ1n) is 9.19. The zero-order valence-electron chi connectivity index (χ0n) is 15.6. The van der Waals surface area contributed by atoms with Gasteiger partial charge < -0.3 is 16.4 Å². The van der Waals surface area contributed by atoms with Gasteiger partial charge in [-0.2, -0.15) is 5.10 Å². The number of primary amides is 1. The molecular weight excluding hydrogens is 356 g/mol. The summed E-state index contributed by atoms with van der Waals surface area (Å²) in [4.78, 5) is 25.0. The summed E-state index contributed by atoms with van der Waals surface area (Å²) < 4.78 is 1.77. The molecule has 28 heavy (non-hydrogen) atoms. The van der Waals surface area contributed by atoms with Gasteiger partial charge in [-0.05, 0) is 25.1 Å². The highest BCUT2D eigenvalue weighted by Crippen LogP contribution is 2.25. The maximum Gasteiger partial charge on any atom is 0.248 e. The van der Waals surface area contributed by atoms with Crippen molar-refractivity contribution in [2.75, 3.05) is 18.4 Å². The Bertz CT molecular complexity index is 996. The van der Waals surface area contributed by atoms with E-state index in [0.29, 0.717) is 24.5 Å². The summed E-state index contributed by atoms with van der Waals surface area (Å²) in [6.45, 7) is 2.31. The van der Waals surface area contributed by atoms with Crippen LogP contribution in [0.5, 0.6) is 0 Å². The molecule has 4 rings (SSSR count). The highest BCUT2D eigenvalue weighted by Gasteiger charge is 2.18. The van der Waals surface area contributed by atoms with E-state index in [0.717, 1.165) is 47.8 Å². The number of amides is 1. The number of nitrogens with two attached hydrogens (primary N) is 1. The van der Waals surface area contributed by atoms with Crippen LogP contribution in [0.4, 0.5) is 5.82 Å². The second kappa shape index (κ2) is 7.73. The molecule has 1 amide bonds. The van der Waals surface area contributed by atoms with E-state index in [1.54, 1.807) is 23.1 Å². The number of anilines is 1. The molecule has 9 heteroatoms. The molecule has 0 aliphatic carbocycles. The van der Waals surface area contributed by atoms with Crippen molar-refractivity contribution in [3.05, 3.63) is 53.2 Å². The molecule has 3 aromatic rings. The van der Waals surface area contributed by atoms with Gasteiger partial charge in [0.1, 0.15) is 18.0 Å². The van der Waals surface area contributed by atoms with E-state index in [4.69, 9.17) is 15.7 Å². The minimum atomic E-state index is -0.451. The lowest BCUT2D eigenvalue weighted by Crippen LogP contribution is -2.27. The fourth-order valence-electron chi connectivity index (χ4n) is 3.26. The second-order valence-electron chi connectivity index (χ2n) is 6.67. The lowest BCUT2D eigenvalue weighted by Gasteiger charge is -2.20. The normalized spacial score (nSPS) is 13.2. The number of rotatable bonds is 6. The highest BCUT2D eigenvalue weighted by atomic mass is 16.1. The summed E-state index contributed by atoms with van der Waals surface area (Å²) in [5, 5.41) is 10.9. The Kier molecular flexibility index (Phi) is 4.98. The van der Waals surface area contributed by atoms with E-state index in [1.165, 1.54) is 0 Å². The van der Waals surface area contributed by atoms with Crippen LogP contribution in [0.25, 0.3) is 11.4 Å². The molecule has 0 spiro atoms. The van der Waals surface area contributed by atoms with Crippen LogP contribution in [0.3, 0.4) is 0 Å². The highest BCUT2D eigenvalue weighted by molar-refractivity contribution is 5.93. The number of carbonyl (C=O) groups excluding carboxylic acids is 1. The number of aryl methyl sites for hydroxylation is 1. The minimum absolute atomic E-state index is 0.451. The first kappa shape index (κ1) is 18.1. The van der Waals surface area contributed by atoms with E-state index >= 15 is 0 Å². The molecule has 0 atom stereocenters. The average Bonchev–Trinajstić information content (AvgIpc) is 3.12. The monoisotopic (exact) mass is 378 g/mol. The molecule has 0 saturated heterocycles. The molecule has 0 bridgehead atoms. The molecule has 4 N–H and O–H groups in total. The number of hydrogen-bond donors (Lipinski definition) is 3. The Balaban J connectivity index is 1.60. The Labute approximate surface area is 162 Å². The van der Waals surface area contributed by atoms with Gasteiger partial charge in [0.2, 0.25) is 5.91 Å². The minimum Gasteiger partial charge on any atom is -0.369 e. The molecule has 9 nitrogen and oxygen atoms in total. The number of hydrogen-bond acceptors (Lipinski definition) is 7. The first-order chi connectivity index (χ1) is 13.6. The molecule has 2 aromatic heterocycles. The van der Waals surface area contributed by atoms with Crippen LogP contribution in [0, 0.1) is 0 Å². The molecule has 3 heterocycles. The van der Waals surface area contributed by atoms with Gasteiger partial charge in [-0.15, -0.1) is 0 Å². The molecule has 1 aromatic carbocycles. The van der Waals surface area contributed by atoms with E-state index in [-0.39, 0.29) is 0 Å². The van der Waals surface area contributed by atoms with Crippen molar-refractivity contribution < 1.29 is 4.79 Å². The number of benzene rings is 1. The van der Waals surface area contributed by atoms with E-state index in [1.807, 2.05) is 19.2 Å². The fourth-order valence-corrected chi connectivity index (χ4v) is 3.26. The van der Waals surface area contributed by atoms with E-state index in [9.17, 15) is 4.79 Å². The predicted octanol–water partition coefficient (Wildman–Crippen LogP) is 0.671. The summed E-state index contributed by atoms with van der Waals surface area (Å²) in [6.07, 6.45) is 3.18. The van der Waals surface area contributed by atoms with Crippen molar-refractivity contribution in [2.24, 2.45) is 12.8 Å². The topological polar surface area (TPSA) is 124 Å². The van der Waals surface area contributed by atoms with Crippen molar-refractivity contribution in [1.29, 1.82) is 0 Å². The van der Waals surface area contributed by atoms with Gasteiger partial charge in [-0.25, -0.2) is 15.0 Å². The molecule has 0 saturated carbocycles. The number of nitrogens with one attached hydrogen (secondary N) is 2. The third-order valence-electron chi connectivity index (χ3n) is 4.81. The smallest absolute Gasteiger partial charge is 0.248 e. The zero-order valence-corrected chi connectivity index (χ0v) is 15.6. The van der Waals surface area contributed by atoms with Gasteiger partial charge in [-0.3, -0.25) is 9.48 Å². The second-order valence-corrected chi connectivity index (χ2v) is 6.67. The third kappa shape index (κ3) is 3.70. The quantitative estimate of drug-likeness (QED) is 0.576. The Morgan fingerprint density at radius 1 is 1.29 bits per heavy atom. The van der Waals surface area contributed by atoms with Crippen molar-refractivity contribution in [3.8, 4) is 11.4 Å². The number of nitrogens with zero attached hydrogens (tertiary/aromatic N) is 5. The molecule has 0 radical (unpaired) electrons. The van der Waals surface area contributed by atoms with Gasteiger partial charge >= 0.3 is 0 Å². The van der Waals surface area contributed by atoms with Crippen molar-refractivity contribution in [1.82, 2.24) is 30.0 Å². The van der Waals surface area contributed by atoms with E-state index < -0.39 is 5.91 Å². The van der Waals surface area contributed by atoms with Gasteiger partial charge in [0.15, 0.2) is 5.82 Å². The number of fused-ring (bicyclic) bond motifs is 1. The van der Waals surface area contributed by atoms with Gasteiger partial charge in [-0.1, -0.05) is 12.1 Å². The summed E-state index contributed by atoms with van der Waals surface area (Å²) in [6, 6.07) is 7.03. The largest absolute Gasteiger partial charge is 0.369 e. The molecule has 1 aliphatic heterocycles. The van der Waals surface area contributed by atoms with Crippen LogP contribution < -0.4 is 16.4 Å². The van der Waals surface area contributed by atoms with Gasteiger partial charge in [0.25, 0.3) is 0 Å². The zero-order chi connectivity index (χ0) is 19.5. The lowest BCUT2D eigenvalue weighted by atomic mass is 10.1. The van der Waals surface area contributed by atoms with Crippen LogP contribution in [0.15, 0.2) is 30.6 Å². The van der Waals surface area contributed by atoms with Crippen LogP contribution in [0.1, 0.15) is 27.4 Å². The third-order valence-corrected chi connectivity index (χ3v) is 4.81. The van der Waals surface area contributed by atoms with E-state index in [2.05, 4.69) is 20.7 Å². The van der Waals surface area contributed by atoms with Crippen LogP contribution >= 0.6 is 0 Å². The molecule has 144 valence electrons. The summed E-state index contributed by atoms with van der Waals surface area (Å²) in [5.41, 5.74) is 8.77. The van der Waals surface area contributed by atoms with Crippen LogP contribution in [-0.4, -0.2) is 43.7 Å². The Morgan fingerprint density at radius 3 is 2.82 bits per heavy atom.